The van der Waals surface area contributed by atoms with E-state index in [0.29, 0.717) is 23.7 Å². The number of benzene rings is 1. The summed E-state index contributed by atoms with van der Waals surface area (Å²) < 4.78 is 5.72. The maximum Gasteiger partial charge on any atom is 0.252 e. The van der Waals surface area contributed by atoms with E-state index in [1.807, 2.05) is 24.3 Å². The van der Waals surface area contributed by atoms with E-state index in [2.05, 4.69) is 15.3 Å². The summed E-state index contributed by atoms with van der Waals surface area (Å²) in [6, 6.07) is 8.03. The van der Waals surface area contributed by atoms with Gasteiger partial charge in [-0.3, -0.25) is 0 Å². The van der Waals surface area contributed by atoms with E-state index in [-0.39, 0.29) is 0 Å². The summed E-state index contributed by atoms with van der Waals surface area (Å²) in [5.41, 5.74) is 1.59. The highest BCUT2D eigenvalue weighted by atomic mass is 35.5. The first kappa shape index (κ1) is 12.6. The Bertz CT molecular complexity index is 570. The fourth-order valence-corrected chi connectivity index (χ4v) is 2.49. The summed E-state index contributed by atoms with van der Waals surface area (Å²) in [6.07, 6.45) is 3.63. The molecule has 0 saturated carbocycles. The Hall–Kier alpha value is -1.39. The third kappa shape index (κ3) is 2.96. The van der Waals surface area contributed by atoms with Crippen LogP contribution < -0.4 is 10.1 Å². The lowest BCUT2D eigenvalue weighted by molar-refractivity contribution is 0.232. The molecule has 1 N–H and O–H groups in total. The smallest absolute Gasteiger partial charge is 0.252 e. The number of piperidine rings is 1. The second-order valence-corrected chi connectivity index (χ2v) is 5.12. The minimum Gasteiger partial charge on any atom is -0.474 e. The summed E-state index contributed by atoms with van der Waals surface area (Å²) in [7, 11) is 0. The van der Waals surface area contributed by atoms with Gasteiger partial charge in [-0.2, -0.15) is 0 Å². The van der Waals surface area contributed by atoms with Gasteiger partial charge in [-0.15, -0.1) is 0 Å². The largest absolute Gasteiger partial charge is 0.474 e. The summed E-state index contributed by atoms with van der Waals surface area (Å²) in [5.74, 6) is 0.424. The minimum atomic E-state index is 0.328. The molecule has 1 aliphatic rings. The van der Waals surface area contributed by atoms with E-state index in [9.17, 15) is 0 Å². The Morgan fingerprint density at radius 2 is 2.00 bits per heavy atom. The molecule has 0 radical (unpaired) electrons. The second kappa shape index (κ2) is 5.72. The van der Waals surface area contributed by atoms with Crippen molar-refractivity contribution in [3.8, 4) is 5.88 Å². The van der Waals surface area contributed by atoms with Gasteiger partial charge >= 0.3 is 0 Å². The highest BCUT2D eigenvalue weighted by Crippen LogP contribution is 2.23. The van der Waals surface area contributed by atoms with Crippen molar-refractivity contribution in [1.29, 1.82) is 0 Å². The summed E-state index contributed by atoms with van der Waals surface area (Å²) in [5, 5.41) is 3.76. The Labute approximate surface area is 117 Å². The van der Waals surface area contributed by atoms with Gasteiger partial charge in [0.1, 0.15) is 6.61 Å². The van der Waals surface area contributed by atoms with Crippen LogP contribution in [0.25, 0.3) is 11.0 Å². The number of hydrogen-bond donors (Lipinski definition) is 1. The molecule has 3 rings (SSSR count). The van der Waals surface area contributed by atoms with Gasteiger partial charge in [0, 0.05) is 6.04 Å². The van der Waals surface area contributed by atoms with Crippen LogP contribution in [0.2, 0.25) is 5.15 Å². The van der Waals surface area contributed by atoms with Crippen LogP contribution in [0.15, 0.2) is 24.3 Å². The molecule has 0 bridgehead atoms. The molecule has 100 valence electrons. The summed E-state index contributed by atoms with van der Waals surface area (Å²) >= 11 is 6.10. The predicted octanol–water partition coefficient (Wildman–Crippen LogP) is 2.80. The fraction of sp³-hybridized carbons (Fsp3) is 0.429. The number of halogens is 1. The summed E-state index contributed by atoms with van der Waals surface area (Å²) in [4.78, 5) is 8.71. The van der Waals surface area contributed by atoms with Gasteiger partial charge in [0.2, 0.25) is 0 Å². The Morgan fingerprint density at radius 3 is 2.74 bits per heavy atom. The van der Waals surface area contributed by atoms with Crippen LogP contribution in [0.1, 0.15) is 19.3 Å². The van der Waals surface area contributed by atoms with E-state index in [1.54, 1.807) is 0 Å². The van der Waals surface area contributed by atoms with Crippen LogP contribution in [-0.4, -0.2) is 29.2 Å². The van der Waals surface area contributed by atoms with Gasteiger partial charge in [0.05, 0.1) is 11.0 Å². The van der Waals surface area contributed by atoms with Gasteiger partial charge in [-0.05, 0) is 31.5 Å². The molecule has 1 aliphatic heterocycles. The number of fused-ring (bicyclic) bond motifs is 1. The van der Waals surface area contributed by atoms with Gasteiger partial charge in [0.25, 0.3) is 5.88 Å². The number of hydrogen-bond acceptors (Lipinski definition) is 4. The van der Waals surface area contributed by atoms with Crippen LogP contribution in [0.4, 0.5) is 0 Å². The highest BCUT2D eigenvalue weighted by Gasteiger charge is 2.15. The number of rotatable bonds is 3. The van der Waals surface area contributed by atoms with E-state index in [1.165, 1.54) is 12.8 Å². The molecule has 4 nitrogen and oxygen atoms in total. The third-order valence-corrected chi connectivity index (χ3v) is 3.58. The zero-order valence-electron chi connectivity index (χ0n) is 10.6. The van der Waals surface area contributed by atoms with Crippen molar-refractivity contribution in [3.63, 3.8) is 0 Å². The van der Waals surface area contributed by atoms with Gasteiger partial charge in [0.15, 0.2) is 5.15 Å². The van der Waals surface area contributed by atoms with Crippen molar-refractivity contribution < 1.29 is 4.74 Å². The molecule has 0 spiro atoms. The molecule has 1 fully saturated rings. The van der Waals surface area contributed by atoms with E-state index < -0.39 is 0 Å². The predicted molar refractivity (Wildman–Crippen MR) is 75.7 cm³/mol. The Morgan fingerprint density at radius 1 is 1.21 bits per heavy atom. The van der Waals surface area contributed by atoms with Crippen molar-refractivity contribution >= 4 is 22.6 Å². The molecule has 1 saturated heterocycles. The topological polar surface area (TPSA) is 47.0 Å². The molecule has 1 aromatic carbocycles. The zero-order valence-corrected chi connectivity index (χ0v) is 11.4. The molecule has 1 unspecified atom stereocenters. The second-order valence-electron chi connectivity index (χ2n) is 4.77. The van der Waals surface area contributed by atoms with E-state index >= 15 is 0 Å². The number of nitrogens with one attached hydrogen (secondary N) is 1. The van der Waals surface area contributed by atoms with Crippen LogP contribution >= 0.6 is 11.6 Å². The molecular formula is C14H16ClN3O. The third-order valence-electron chi connectivity index (χ3n) is 3.33. The standard InChI is InChI=1S/C14H16ClN3O/c15-13-14(19-9-10-5-3-4-8-16-10)18-12-7-2-1-6-11(12)17-13/h1-2,6-7,10,16H,3-5,8-9H2. The lowest BCUT2D eigenvalue weighted by atomic mass is 10.1. The molecule has 0 amide bonds. The number of nitrogens with zero attached hydrogens (tertiary/aromatic N) is 2. The number of para-hydroxylation sites is 2. The normalized spacial score (nSPS) is 19.5. The van der Waals surface area contributed by atoms with Crippen molar-refractivity contribution in [2.24, 2.45) is 0 Å². The summed E-state index contributed by atoms with van der Waals surface area (Å²) in [6.45, 7) is 1.65. The molecule has 2 aromatic rings. The van der Waals surface area contributed by atoms with Crippen molar-refractivity contribution in [1.82, 2.24) is 15.3 Å². The van der Waals surface area contributed by atoms with E-state index in [0.717, 1.165) is 24.0 Å². The lowest BCUT2D eigenvalue weighted by Crippen LogP contribution is -2.38. The van der Waals surface area contributed by atoms with Gasteiger partial charge in [-0.25, -0.2) is 9.97 Å². The van der Waals surface area contributed by atoms with Crippen LogP contribution in [0.5, 0.6) is 5.88 Å². The van der Waals surface area contributed by atoms with Gasteiger partial charge in [-0.1, -0.05) is 30.2 Å². The molecule has 2 heterocycles. The fourth-order valence-electron chi connectivity index (χ4n) is 2.30. The monoisotopic (exact) mass is 277 g/mol. The Balaban J connectivity index is 1.74. The molecule has 19 heavy (non-hydrogen) atoms. The van der Waals surface area contributed by atoms with Crippen LogP contribution in [0.3, 0.4) is 0 Å². The first-order valence-electron chi connectivity index (χ1n) is 6.61. The van der Waals surface area contributed by atoms with Crippen molar-refractivity contribution in [2.75, 3.05) is 13.2 Å². The SMILES string of the molecule is Clc1nc2ccccc2nc1OCC1CCCCN1. The maximum atomic E-state index is 6.10. The minimum absolute atomic E-state index is 0.328. The Kier molecular flexibility index (Phi) is 3.80. The zero-order chi connectivity index (χ0) is 13.1. The average molecular weight is 278 g/mol. The van der Waals surface area contributed by atoms with Crippen LogP contribution in [-0.2, 0) is 0 Å². The van der Waals surface area contributed by atoms with Crippen LogP contribution in [0, 0.1) is 0 Å². The highest BCUT2D eigenvalue weighted by molar-refractivity contribution is 6.31. The number of aromatic nitrogens is 2. The molecular weight excluding hydrogens is 262 g/mol. The van der Waals surface area contributed by atoms with Crippen molar-refractivity contribution in [3.05, 3.63) is 29.4 Å². The quantitative estimate of drug-likeness (QED) is 0.937. The lowest BCUT2D eigenvalue weighted by Gasteiger charge is -2.23. The first-order valence-corrected chi connectivity index (χ1v) is 6.99. The average Bonchev–Trinajstić information content (AvgIpc) is 2.46. The molecule has 1 aromatic heterocycles. The number of ether oxygens (including phenoxy) is 1. The maximum absolute atomic E-state index is 6.10. The van der Waals surface area contributed by atoms with Gasteiger partial charge < -0.3 is 10.1 Å². The molecule has 0 aliphatic carbocycles. The molecule has 5 heteroatoms. The van der Waals surface area contributed by atoms with Crippen molar-refractivity contribution in [2.45, 2.75) is 25.3 Å². The first-order chi connectivity index (χ1) is 9.33. The molecule has 1 atom stereocenters. The van der Waals surface area contributed by atoms with E-state index in [4.69, 9.17) is 16.3 Å².